The van der Waals surface area contributed by atoms with Crippen LogP contribution in [0.3, 0.4) is 0 Å². The number of likely N-dealkylation sites (tertiary alicyclic amines) is 1. The molecule has 6 bridgehead atoms. The van der Waals surface area contributed by atoms with E-state index < -0.39 is 51.8 Å². The molecule has 0 spiro atoms. The zero-order valence-corrected chi connectivity index (χ0v) is 35.8. The summed E-state index contributed by atoms with van der Waals surface area (Å²) < 4.78 is 23.8. The molecule has 1 aromatic heterocycles. The third kappa shape index (κ3) is 5.27. The van der Waals surface area contributed by atoms with Crippen LogP contribution in [-0.2, 0) is 40.6 Å². The van der Waals surface area contributed by atoms with Gasteiger partial charge in [0.15, 0.2) is 0 Å². The lowest BCUT2D eigenvalue weighted by atomic mass is 9.52. The van der Waals surface area contributed by atoms with E-state index >= 15 is 0 Å². The number of hydrogen-bond acceptors (Lipinski definition) is 11. The van der Waals surface area contributed by atoms with Crippen molar-refractivity contribution in [2.45, 2.75) is 95.4 Å². The van der Waals surface area contributed by atoms with Crippen LogP contribution in [0.15, 0.2) is 48.0 Å². The molecule has 2 aliphatic carbocycles. The Labute approximate surface area is 347 Å². The minimum absolute atomic E-state index is 0.0751. The summed E-state index contributed by atoms with van der Waals surface area (Å²) in [4.78, 5) is 50.7. The molecule has 5 fully saturated rings. The van der Waals surface area contributed by atoms with Crippen molar-refractivity contribution in [1.29, 1.82) is 0 Å². The van der Waals surface area contributed by atoms with E-state index in [1.165, 1.54) is 21.1 Å². The number of ether oxygens (including phenoxy) is 4. The maximum Gasteiger partial charge on any atom is 0.317 e. The van der Waals surface area contributed by atoms with Gasteiger partial charge >= 0.3 is 17.9 Å². The first-order valence-electron chi connectivity index (χ1n) is 21.5. The highest BCUT2D eigenvalue weighted by Crippen LogP contribution is 2.64. The van der Waals surface area contributed by atoms with Crippen LogP contribution in [0.1, 0.15) is 88.1 Å². The van der Waals surface area contributed by atoms with E-state index in [-0.39, 0.29) is 18.6 Å². The first-order valence-corrected chi connectivity index (χ1v) is 21.5. The first-order chi connectivity index (χ1) is 28.3. The summed E-state index contributed by atoms with van der Waals surface area (Å²) in [6.07, 6.45) is 6.07. The van der Waals surface area contributed by atoms with Gasteiger partial charge in [0.1, 0.15) is 28.8 Å². The molecule has 3 aromatic rings. The van der Waals surface area contributed by atoms with Gasteiger partial charge in [0.25, 0.3) is 0 Å². The van der Waals surface area contributed by atoms with Crippen molar-refractivity contribution in [2.24, 2.45) is 28.6 Å². The molecule has 59 heavy (non-hydrogen) atoms. The largest absolute Gasteiger partial charge is 0.496 e. The van der Waals surface area contributed by atoms with Gasteiger partial charge in [0.2, 0.25) is 0 Å². The number of carbonyl (C=O) groups excluding carboxylic acids is 3. The number of benzene rings is 2. The van der Waals surface area contributed by atoms with Gasteiger partial charge < -0.3 is 34.4 Å². The maximum atomic E-state index is 14.9. The van der Waals surface area contributed by atoms with Crippen molar-refractivity contribution in [3.05, 3.63) is 70.4 Å². The Morgan fingerprint density at radius 3 is 2.51 bits per heavy atom. The number of methoxy groups -OCH3 is 3. The number of piperidine rings is 3. The van der Waals surface area contributed by atoms with Crippen molar-refractivity contribution in [2.75, 3.05) is 59.9 Å². The molecule has 6 heterocycles. The summed E-state index contributed by atoms with van der Waals surface area (Å²) in [6.45, 7) is 9.74. The number of rotatable bonds is 7. The summed E-state index contributed by atoms with van der Waals surface area (Å²) in [6, 6.07) is 11.5. The molecular weight excluding hydrogens is 749 g/mol. The number of para-hydroxylation sites is 1. The lowest BCUT2D eigenvalue weighted by molar-refractivity contribution is -0.186. The van der Waals surface area contributed by atoms with E-state index in [0.29, 0.717) is 56.4 Å². The topological polar surface area (TPSA) is 143 Å². The van der Waals surface area contributed by atoms with Gasteiger partial charge in [-0.2, -0.15) is 0 Å². The molecule has 0 radical (unpaired) electrons. The van der Waals surface area contributed by atoms with Gasteiger partial charge in [0.05, 0.1) is 27.4 Å². The quantitative estimate of drug-likeness (QED) is 0.149. The molecule has 10 rings (SSSR count). The third-order valence-corrected chi connectivity index (χ3v) is 16.4. The van der Waals surface area contributed by atoms with Crippen LogP contribution in [0.5, 0.6) is 5.75 Å². The number of fused-ring (bicyclic) bond motifs is 9. The number of aliphatic hydroxyl groups is 1. The Bertz CT molecular complexity index is 2250. The minimum atomic E-state index is -1.39. The standard InChI is InChI=1S/C47H60N4O8/c1-9-28-19-27-21-45(42(53)57-7)40(28)51(23-27)18-17-47(55)33-15-16-36(56-6)37(39(33)49-41(45)47)31-20-34-29(10-2)24-50(5)44(4,46(34,43(54)58-8)25-59-26(3)52)22-32-30-13-11-12-14-35(30)48-38(31)32/h10-16,27-28,31,34,40-41,48-49,55H,9,17-25H2,1-8H3/b29-10-/t27-,28-,31-,34+,40-,41?,44-,45-,46+,47+/m0/s1. The molecule has 2 aromatic carbocycles. The Balaban J connectivity index is 1.31. The van der Waals surface area contributed by atoms with Crippen molar-refractivity contribution in [3.8, 4) is 5.75 Å². The fourth-order valence-electron chi connectivity index (χ4n) is 13.8. The van der Waals surface area contributed by atoms with Gasteiger partial charge in [-0.15, -0.1) is 0 Å². The highest BCUT2D eigenvalue weighted by molar-refractivity contribution is 5.88. The van der Waals surface area contributed by atoms with Crippen LogP contribution in [-0.4, -0.2) is 110 Å². The molecule has 316 valence electrons. The van der Waals surface area contributed by atoms with Crippen molar-refractivity contribution in [1.82, 2.24) is 14.8 Å². The van der Waals surface area contributed by atoms with Gasteiger partial charge in [-0.25, -0.2) is 0 Å². The molecule has 12 nitrogen and oxygen atoms in total. The number of esters is 3. The maximum absolute atomic E-state index is 14.9. The second kappa shape index (κ2) is 14.1. The SMILES string of the molecule is C/C=C1/CN(C)[C@@]2(C)Cc3c([nH]c4ccccc34)[C@H](c3c(OC)ccc4c3NC3[C@@]4(O)CCN4C[C@H]5C[C@H](CC)[C@H]4[C@@]3(C(=O)OC)C5)C[C@H]1[C@]2(COC(C)=O)C(=O)OC. The normalized spacial score (nSPS) is 37.6. The number of anilines is 1. The second-order valence-corrected chi connectivity index (χ2v) is 18.6. The summed E-state index contributed by atoms with van der Waals surface area (Å²) >= 11 is 0. The molecule has 7 aliphatic rings. The second-order valence-electron chi connectivity index (χ2n) is 18.6. The van der Waals surface area contributed by atoms with Crippen molar-refractivity contribution in [3.63, 3.8) is 0 Å². The van der Waals surface area contributed by atoms with Crippen LogP contribution in [0.25, 0.3) is 10.9 Å². The van der Waals surface area contributed by atoms with Gasteiger partial charge in [-0.3, -0.25) is 24.2 Å². The predicted molar refractivity (Wildman–Crippen MR) is 223 cm³/mol. The van der Waals surface area contributed by atoms with Crippen LogP contribution < -0.4 is 10.1 Å². The Kier molecular flexibility index (Phi) is 9.56. The van der Waals surface area contributed by atoms with E-state index in [2.05, 4.69) is 52.2 Å². The van der Waals surface area contributed by atoms with Gasteiger partial charge in [-0.1, -0.05) is 49.3 Å². The molecule has 0 amide bonds. The summed E-state index contributed by atoms with van der Waals surface area (Å²) in [5.41, 5.74) is 1.90. The number of nitrogens with one attached hydrogen (secondary N) is 2. The van der Waals surface area contributed by atoms with Crippen molar-refractivity contribution >= 4 is 34.5 Å². The zero-order valence-electron chi connectivity index (χ0n) is 35.8. The first kappa shape index (κ1) is 40.0. The number of hydrogen-bond donors (Lipinski definition) is 3. The Morgan fingerprint density at radius 1 is 1.05 bits per heavy atom. The molecule has 3 N–H and O–H groups in total. The molecule has 12 heteroatoms. The Morgan fingerprint density at radius 2 is 1.81 bits per heavy atom. The van der Waals surface area contributed by atoms with E-state index in [1.807, 2.05) is 38.2 Å². The van der Waals surface area contributed by atoms with Gasteiger partial charge in [0, 0.05) is 83.4 Å². The van der Waals surface area contributed by atoms with Crippen LogP contribution in [0.4, 0.5) is 5.69 Å². The molecule has 11 atom stereocenters. The van der Waals surface area contributed by atoms with E-state index in [1.54, 1.807) is 7.11 Å². The minimum Gasteiger partial charge on any atom is -0.496 e. The fraction of sp³-hybridized carbons (Fsp3) is 0.596. The Hall–Kier alpha value is -4.39. The monoisotopic (exact) mass is 808 g/mol. The zero-order chi connectivity index (χ0) is 41.8. The number of allylic oxidation sites excluding steroid dienone is 1. The molecule has 1 saturated carbocycles. The number of aromatic amines is 1. The molecule has 4 saturated heterocycles. The fourth-order valence-corrected chi connectivity index (χ4v) is 13.8. The summed E-state index contributed by atoms with van der Waals surface area (Å²) in [7, 11) is 6.61. The lowest BCUT2D eigenvalue weighted by Gasteiger charge is -2.60. The highest BCUT2D eigenvalue weighted by atomic mass is 16.5. The summed E-state index contributed by atoms with van der Waals surface area (Å²) in [5.74, 6) is -0.766. The van der Waals surface area contributed by atoms with E-state index in [4.69, 9.17) is 18.9 Å². The van der Waals surface area contributed by atoms with Crippen LogP contribution in [0, 0.1) is 28.6 Å². The van der Waals surface area contributed by atoms with E-state index in [9.17, 15) is 19.5 Å². The smallest absolute Gasteiger partial charge is 0.317 e. The average Bonchev–Trinajstić information content (AvgIpc) is 3.73. The summed E-state index contributed by atoms with van der Waals surface area (Å²) in [5, 5.41) is 18.4. The molecule has 2 unspecified atom stereocenters. The average molecular weight is 809 g/mol. The number of likely N-dealkylation sites (N-methyl/N-ethyl adjacent to an activating group) is 1. The predicted octanol–water partition coefficient (Wildman–Crippen LogP) is 5.91. The van der Waals surface area contributed by atoms with Crippen LogP contribution >= 0.6 is 0 Å². The van der Waals surface area contributed by atoms with Gasteiger partial charge in [-0.05, 0) is 82.5 Å². The molecule has 5 aliphatic heterocycles. The van der Waals surface area contributed by atoms with Crippen LogP contribution in [0.2, 0.25) is 0 Å². The number of H-pyrrole nitrogens is 1. The number of carbonyl (C=O) groups is 3. The van der Waals surface area contributed by atoms with E-state index in [0.717, 1.165) is 63.9 Å². The molecular formula is C47H60N4O8. The highest BCUT2D eigenvalue weighted by Gasteiger charge is 2.71. The lowest BCUT2D eigenvalue weighted by Crippen LogP contribution is -2.71. The number of nitrogens with zero attached hydrogens (tertiary/aromatic N) is 2. The third-order valence-electron chi connectivity index (χ3n) is 16.4. The number of aromatic nitrogens is 1. The van der Waals surface area contributed by atoms with Crippen molar-refractivity contribution < 1.29 is 38.4 Å².